The standard InChI is InChI=1S/C7H6F4O4/c8-5(9)7(10,11)3-13-1-4-2-14-6(12)15-4/h2,5H,1,3H2. The molecule has 1 heterocycles. The Morgan fingerprint density at radius 3 is 2.60 bits per heavy atom. The molecule has 15 heavy (non-hydrogen) atoms. The Morgan fingerprint density at radius 2 is 2.13 bits per heavy atom. The second-order valence-electron chi connectivity index (χ2n) is 2.61. The first-order chi connectivity index (χ1) is 6.92. The van der Waals surface area contributed by atoms with Crippen LogP contribution in [-0.4, -0.2) is 19.0 Å². The largest absolute Gasteiger partial charge is 0.518 e. The number of alkyl halides is 4. The summed E-state index contributed by atoms with van der Waals surface area (Å²) in [6, 6.07) is 0. The van der Waals surface area contributed by atoms with Gasteiger partial charge >= 0.3 is 18.2 Å². The van der Waals surface area contributed by atoms with Crippen LogP contribution < -0.4 is 5.82 Å². The third-order valence-corrected chi connectivity index (χ3v) is 1.36. The molecule has 0 aliphatic carbocycles. The lowest BCUT2D eigenvalue weighted by atomic mass is 10.4. The van der Waals surface area contributed by atoms with Gasteiger partial charge in [-0.3, -0.25) is 0 Å². The minimum Gasteiger partial charge on any atom is -0.399 e. The Labute approximate surface area is 80.4 Å². The summed E-state index contributed by atoms with van der Waals surface area (Å²) in [6.45, 7) is -1.99. The minimum absolute atomic E-state index is 0.148. The number of hydrogen-bond acceptors (Lipinski definition) is 4. The summed E-state index contributed by atoms with van der Waals surface area (Å²) < 4.78 is 60.4. The lowest BCUT2D eigenvalue weighted by molar-refractivity contribution is -0.169. The van der Waals surface area contributed by atoms with Crippen LogP contribution in [0.4, 0.5) is 17.6 Å². The van der Waals surface area contributed by atoms with Crippen LogP contribution >= 0.6 is 0 Å². The van der Waals surface area contributed by atoms with Gasteiger partial charge in [-0.1, -0.05) is 0 Å². The Kier molecular flexibility index (Phi) is 3.51. The van der Waals surface area contributed by atoms with Crippen molar-refractivity contribution < 1.29 is 31.1 Å². The second-order valence-corrected chi connectivity index (χ2v) is 2.61. The molecular formula is C7H6F4O4. The summed E-state index contributed by atoms with van der Waals surface area (Å²) in [5, 5.41) is 0. The van der Waals surface area contributed by atoms with E-state index < -0.39 is 31.4 Å². The molecule has 0 spiro atoms. The second kappa shape index (κ2) is 4.47. The molecule has 0 amide bonds. The predicted octanol–water partition coefficient (Wildman–Crippen LogP) is 1.65. The first-order valence-electron chi connectivity index (χ1n) is 3.73. The number of hydrogen-bond donors (Lipinski definition) is 0. The molecule has 0 saturated heterocycles. The van der Waals surface area contributed by atoms with Crippen molar-refractivity contribution in [1.82, 2.24) is 0 Å². The van der Waals surface area contributed by atoms with E-state index in [1.165, 1.54) is 0 Å². The molecule has 0 aliphatic rings. The fraction of sp³-hybridized carbons (Fsp3) is 0.571. The van der Waals surface area contributed by atoms with Crippen molar-refractivity contribution in [2.75, 3.05) is 6.61 Å². The zero-order valence-electron chi connectivity index (χ0n) is 7.21. The molecular weight excluding hydrogens is 224 g/mol. The van der Waals surface area contributed by atoms with Gasteiger partial charge in [-0.05, 0) is 0 Å². The van der Waals surface area contributed by atoms with Crippen molar-refractivity contribution in [3.8, 4) is 0 Å². The van der Waals surface area contributed by atoms with Crippen molar-refractivity contribution in [3.63, 3.8) is 0 Å². The monoisotopic (exact) mass is 230 g/mol. The van der Waals surface area contributed by atoms with Crippen molar-refractivity contribution in [1.29, 1.82) is 0 Å². The van der Waals surface area contributed by atoms with Crippen LogP contribution in [0, 0.1) is 0 Å². The smallest absolute Gasteiger partial charge is 0.399 e. The van der Waals surface area contributed by atoms with Gasteiger partial charge in [-0.25, -0.2) is 13.6 Å². The maximum absolute atomic E-state index is 12.3. The molecule has 86 valence electrons. The molecule has 0 radical (unpaired) electrons. The molecule has 0 aliphatic heterocycles. The molecule has 8 heteroatoms. The molecule has 0 bridgehead atoms. The van der Waals surface area contributed by atoms with Gasteiger partial charge in [0.15, 0.2) is 5.76 Å². The average Bonchev–Trinajstić information content (AvgIpc) is 2.51. The van der Waals surface area contributed by atoms with Gasteiger partial charge < -0.3 is 13.6 Å². The summed E-state index contributed by atoms with van der Waals surface area (Å²) >= 11 is 0. The van der Waals surface area contributed by atoms with Crippen LogP contribution in [0.1, 0.15) is 5.76 Å². The lowest BCUT2D eigenvalue weighted by Crippen LogP contribution is -2.32. The van der Waals surface area contributed by atoms with E-state index in [0.717, 1.165) is 6.26 Å². The van der Waals surface area contributed by atoms with E-state index in [0.29, 0.717) is 0 Å². The van der Waals surface area contributed by atoms with Gasteiger partial charge in [0.25, 0.3) is 0 Å². The van der Waals surface area contributed by atoms with E-state index in [4.69, 9.17) is 0 Å². The zero-order valence-corrected chi connectivity index (χ0v) is 7.21. The Balaban J connectivity index is 2.36. The van der Waals surface area contributed by atoms with Crippen LogP contribution in [0.2, 0.25) is 0 Å². The maximum Gasteiger partial charge on any atom is 0.518 e. The van der Waals surface area contributed by atoms with E-state index >= 15 is 0 Å². The highest BCUT2D eigenvalue weighted by molar-refractivity contribution is 4.81. The SMILES string of the molecule is O=c1occ(COCC(F)(F)C(F)F)o1. The molecule has 4 nitrogen and oxygen atoms in total. The molecule has 0 fully saturated rings. The van der Waals surface area contributed by atoms with Crippen LogP contribution in [0.15, 0.2) is 19.9 Å². The summed E-state index contributed by atoms with van der Waals surface area (Å²) in [5.74, 6) is -5.39. The Hall–Kier alpha value is -1.31. The van der Waals surface area contributed by atoms with Gasteiger partial charge in [0.1, 0.15) is 19.5 Å². The maximum atomic E-state index is 12.3. The predicted molar refractivity (Wildman–Crippen MR) is 37.9 cm³/mol. The first kappa shape index (κ1) is 11.8. The van der Waals surface area contributed by atoms with Crippen molar-refractivity contribution in [2.45, 2.75) is 19.0 Å². The number of halogens is 4. The first-order valence-corrected chi connectivity index (χ1v) is 3.73. The van der Waals surface area contributed by atoms with Crippen LogP contribution in [0.25, 0.3) is 0 Å². The number of ether oxygens (including phenoxy) is 1. The lowest BCUT2D eigenvalue weighted by Gasteiger charge is -2.14. The third-order valence-electron chi connectivity index (χ3n) is 1.36. The molecule has 0 N–H and O–H groups in total. The normalized spacial score (nSPS) is 12.3. The summed E-state index contributed by atoms with van der Waals surface area (Å²) in [6.07, 6.45) is -2.95. The van der Waals surface area contributed by atoms with Gasteiger partial charge in [-0.15, -0.1) is 0 Å². The van der Waals surface area contributed by atoms with Crippen molar-refractivity contribution >= 4 is 0 Å². The third kappa shape index (κ3) is 3.39. The van der Waals surface area contributed by atoms with Crippen LogP contribution in [-0.2, 0) is 11.3 Å². The molecule has 0 unspecified atom stereocenters. The fourth-order valence-corrected chi connectivity index (χ4v) is 0.683. The molecule has 1 aromatic rings. The quantitative estimate of drug-likeness (QED) is 0.721. The minimum atomic E-state index is -4.22. The van der Waals surface area contributed by atoms with Crippen molar-refractivity contribution in [3.05, 3.63) is 22.6 Å². The highest BCUT2D eigenvalue weighted by atomic mass is 19.3. The number of rotatable bonds is 5. The summed E-state index contributed by atoms with van der Waals surface area (Å²) in [4.78, 5) is 10.3. The van der Waals surface area contributed by atoms with E-state index in [2.05, 4.69) is 13.6 Å². The Bertz CT molecular complexity index is 356. The van der Waals surface area contributed by atoms with Crippen LogP contribution in [0.5, 0.6) is 0 Å². The fourth-order valence-electron chi connectivity index (χ4n) is 0.683. The summed E-state index contributed by atoms with van der Waals surface area (Å²) in [5.41, 5.74) is 0. The van der Waals surface area contributed by atoms with Gasteiger partial charge in [0, 0.05) is 0 Å². The Morgan fingerprint density at radius 1 is 1.47 bits per heavy atom. The molecule has 0 atom stereocenters. The summed E-state index contributed by atoms with van der Waals surface area (Å²) in [7, 11) is 0. The van der Waals surface area contributed by atoms with Gasteiger partial charge in [0.05, 0.1) is 0 Å². The van der Waals surface area contributed by atoms with E-state index in [1.807, 2.05) is 0 Å². The molecule has 0 aromatic carbocycles. The van der Waals surface area contributed by atoms with Gasteiger partial charge in [0.2, 0.25) is 0 Å². The van der Waals surface area contributed by atoms with Crippen LogP contribution in [0.3, 0.4) is 0 Å². The highest BCUT2D eigenvalue weighted by Gasteiger charge is 2.41. The molecule has 1 aromatic heterocycles. The highest BCUT2D eigenvalue weighted by Crippen LogP contribution is 2.23. The van der Waals surface area contributed by atoms with E-state index in [-0.39, 0.29) is 5.76 Å². The van der Waals surface area contributed by atoms with Crippen molar-refractivity contribution in [2.24, 2.45) is 0 Å². The average molecular weight is 230 g/mol. The molecule has 1 rings (SSSR count). The zero-order chi connectivity index (χ0) is 11.5. The topological polar surface area (TPSA) is 52.6 Å². The van der Waals surface area contributed by atoms with E-state index in [1.54, 1.807) is 0 Å². The van der Waals surface area contributed by atoms with Gasteiger partial charge in [-0.2, -0.15) is 8.78 Å². The van der Waals surface area contributed by atoms with E-state index in [9.17, 15) is 22.4 Å². The molecule has 0 saturated carbocycles.